The van der Waals surface area contributed by atoms with Crippen molar-refractivity contribution in [2.75, 3.05) is 6.61 Å². The summed E-state index contributed by atoms with van der Waals surface area (Å²) in [6, 6.07) is 11.0. The fourth-order valence-corrected chi connectivity index (χ4v) is 4.88. The predicted octanol–water partition coefficient (Wildman–Crippen LogP) is 5.32. The molecule has 2 aromatic rings. The number of rotatable bonds is 12. The monoisotopic (exact) mass is 639 g/mol. The van der Waals surface area contributed by atoms with Crippen molar-refractivity contribution in [1.82, 2.24) is 15.5 Å². The number of ether oxygens (including phenoxy) is 2. The van der Waals surface area contributed by atoms with E-state index in [1.807, 2.05) is 71.0 Å². The minimum absolute atomic E-state index is 0.158. The summed E-state index contributed by atoms with van der Waals surface area (Å²) in [6.07, 6.45) is -0.293. The van der Waals surface area contributed by atoms with E-state index in [0.29, 0.717) is 12.0 Å². The number of amides is 3. The first kappa shape index (κ1) is 38.3. The Balaban J connectivity index is 2.71. The van der Waals surface area contributed by atoms with E-state index < -0.39 is 65.4 Å². The topological polar surface area (TPSA) is 134 Å². The SMILES string of the molecule is CCC(C)(C)N(C(=O)C(CO)NC(=O)OC(C)(C)C)C(C(=O)NC(Cc1ccccc1)C(=O)OC(C)(C)C)c1cccc(C)c1C. The molecule has 0 saturated carbocycles. The molecule has 2 aromatic carbocycles. The summed E-state index contributed by atoms with van der Waals surface area (Å²) in [7, 11) is 0. The zero-order valence-electron chi connectivity index (χ0n) is 29.3. The molecule has 3 unspecified atom stereocenters. The van der Waals surface area contributed by atoms with Gasteiger partial charge in [-0.2, -0.15) is 0 Å². The van der Waals surface area contributed by atoms with Gasteiger partial charge in [-0.3, -0.25) is 9.59 Å². The van der Waals surface area contributed by atoms with Crippen LogP contribution in [0.25, 0.3) is 0 Å². The van der Waals surface area contributed by atoms with Crippen LogP contribution >= 0.6 is 0 Å². The maximum absolute atomic E-state index is 14.6. The summed E-state index contributed by atoms with van der Waals surface area (Å²) in [4.78, 5) is 56.7. The number of hydrogen-bond donors (Lipinski definition) is 3. The molecule has 0 saturated heterocycles. The van der Waals surface area contributed by atoms with Crippen LogP contribution < -0.4 is 10.6 Å². The van der Waals surface area contributed by atoms with Crippen LogP contribution in [0.1, 0.15) is 97.0 Å². The summed E-state index contributed by atoms with van der Waals surface area (Å²) in [6.45, 7) is 18.9. The second-order valence-electron chi connectivity index (χ2n) is 14.2. The molecular weight excluding hydrogens is 586 g/mol. The highest BCUT2D eigenvalue weighted by Crippen LogP contribution is 2.34. The van der Waals surface area contributed by atoms with Gasteiger partial charge in [0, 0.05) is 12.0 Å². The van der Waals surface area contributed by atoms with Crippen molar-refractivity contribution in [3.8, 4) is 0 Å². The molecule has 10 nitrogen and oxygen atoms in total. The molecule has 3 atom stereocenters. The van der Waals surface area contributed by atoms with Crippen LogP contribution in [0.2, 0.25) is 0 Å². The normalized spacial score (nSPS) is 14.0. The summed E-state index contributed by atoms with van der Waals surface area (Å²) in [5.41, 5.74) is 0.442. The molecule has 46 heavy (non-hydrogen) atoms. The molecule has 0 bridgehead atoms. The van der Waals surface area contributed by atoms with Crippen molar-refractivity contribution in [3.05, 3.63) is 70.8 Å². The number of nitrogens with zero attached hydrogens (tertiary/aromatic N) is 1. The predicted molar refractivity (Wildman–Crippen MR) is 178 cm³/mol. The summed E-state index contributed by atoms with van der Waals surface area (Å²) < 4.78 is 11.1. The van der Waals surface area contributed by atoms with Crippen molar-refractivity contribution in [2.24, 2.45) is 0 Å². The Bertz CT molecular complexity index is 1360. The number of hydrogen-bond acceptors (Lipinski definition) is 7. The lowest BCUT2D eigenvalue weighted by Gasteiger charge is -2.45. The summed E-state index contributed by atoms with van der Waals surface area (Å²) in [5.74, 6) is -1.90. The van der Waals surface area contributed by atoms with Gasteiger partial charge in [0.1, 0.15) is 29.3 Å². The van der Waals surface area contributed by atoms with E-state index in [1.54, 1.807) is 53.7 Å². The Morgan fingerprint density at radius 3 is 1.91 bits per heavy atom. The molecule has 2 rings (SSSR count). The average molecular weight is 640 g/mol. The van der Waals surface area contributed by atoms with E-state index in [0.717, 1.165) is 16.7 Å². The second-order valence-corrected chi connectivity index (χ2v) is 14.2. The maximum Gasteiger partial charge on any atom is 0.408 e. The van der Waals surface area contributed by atoms with Crippen LogP contribution in [-0.4, -0.2) is 69.3 Å². The maximum atomic E-state index is 14.6. The van der Waals surface area contributed by atoms with E-state index in [2.05, 4.69) is 10.6 Å². The Hall–Kier alpha value is -3.92. The van der Waals surface area contributed by atoms with Crippen LogP contribution in [0.5, 0.6) is 0 Å². The number of benzene rings is 2. The van der Waals surface area contributed by atoms with Gasteiger partial charge in [0.2, 0.25) is 11.8 Å². The molecule has 0 fully saturated rings. The van der Waals surface area contributed by atoms with E-state index >= 15 is 0 Å². The lowest BCUT2D eigenvalue weighted by Crippen LogP contribution is -2.61. The van der Waals surface area contributed by atoms with Gasteiger partial charge < -0.3 is 30.1 Å². The number of alkyl carbamates (subject to hydrolysis) is 1. The number of aryl methyl sites for hydroxylation is 1. The molecular formula is C36H53N3O7. The van der Waals surface area contributed by atoms with Crippen molar-refractivity contribution in [2.45, 2.75) is 124 Å². The van der Waals surface area contributed by atoms with E-state index in [4.69, 9.17) is 9.47 Å². The van der Waals surface area contributed by atoms with E-state index in [1.165, 1.54) is 4.90 Å². The highest BCUT2D eigenvalue weighted by molar-refractivity contribution is 5.94. The standard InChI is InChI=1S/C36H53N3O7/c1-12-36(10,11)39(31(42)28(22-40)38-33(44)46-35(7,8)9)29(26-20-16-17-23(2)24(26)3)30(41)37-27(32(43)45-34(4,5)6)21-25-18-14-13-15-19-25/h13-20,27-29,40H,12,21-22H2,1-11H3,(H,37,41)(H,38,44). The van der Waals surface area contributed by atoms with Crippen LogP contribution in [0.15, 0.2) is 48.5 Å². The largest absolute Gasteiger partial charge is 0.458 e. The van der Waals surface area contributed by atoms with Crippen molar-refractivity contribution in [1.29, 1.82) is 0 Å². The molecule has 0 aliphatic heterocycles. The first-order chi connectivity index (χ1) is 21.2. The Morgan fingerprint density at radius 2 is 1.39 bits per heavy atom. The zero-order valence-corrected chi connectivity index (χ0v) is 29.3. The molecule has 0 heterocycles. The third-order valence-electron chi connectivity index (χ3n) is 7.66. The van der Waals surface area contributed by atoms with Gasteiger partial charge in [0.15, 0.2) is 0 Å². The molecule has 0 radical (unpaired) electrons. The molecule has 10 heteroatoms. The number of aliphatic hydroxyl groups excluding tert-OH is 1. The Labute approximate surface area is 274 Å². The van der Waals surface area contributed by atoms with Gasteiger partial charge in [-0.15, -0.1) is 0 Å². The first-order valence-corrected chi connectivity index (χ1v) is 15.8. The highest BCUT2D eigenvalue weighted by Gasteiger charge is 2.44. The number of carbonyl (C=O) groups excluding carboxylic acids is 4. The molecule has 0 aromatic heterocycles. The summed E-state index contributed by atoms with van der Waals surface area (Å²) >= 11 is 0. The molecule has 0 aliphatic rings. The number of esters is 1. The number of aliphatic hydroxyl groups is 1. The van der Waals surface area contributed by atoms with Crippen LogP contribution in [-0.2, 0) is 30.3 Å². The fraction of sp³-hybridized carbons (Fsp3) is 0.556. The highest BCUT2D eigenvalue weighted by atomic mass is 16.6. The minimum Gasteiger partial charge on any atom is -0.458 e. The van der Waals surface area contributed by atoms with Crippen LogP contribution in [0, 0.1) is 13.8 Å². The van der Waals surface area contributed by atoms with Gasteiger partial charge in [0.25, 0.3) is 0 Å². The van der Waals surface area contributed by atoms with Gasteiger partial charge in [-0.1, -0.05) is 55.5 Å². The Kier molecular flexibility index (Phi) is 13.0. The third-order valence-corrected chi connectivity index (χ3v) is 7.66. The fourth-order valence-electron chi connectivity index (χ4n) is 4.88. The smallest absolute Gasteiger partial charge is 0.408 e. The minimum atomic E-state index is -1.41. The first-order valence-electron chi connectivity index (χ1n) is 15.8. The number of nitrogens with one attached hydrogen (secondary N) is 2. The van der Waals surface area contributed by atoms with Crippen molar-refractivity contribution >= 4 is 23.9 Å². The zero-order chi connectivity index (χ0) is 35.0. The van der Waals surface area contributed by atoms with E-state index in [9.17, 15) is 24.3 Å². The lowest BCUT2D eigenvalue weighted by molar-refractivity contribution is -0.159. The van der Waals surface area contributed by atoms with Crippen molar-refractivity contribution in [3.63, 3.8) is 0 Å². The third kappa shape index (κ3) is 10.9. The molecule has 0 aliphatic carbocycles. The quantitative estimate of drug-likeness (QED) is 0.268. The number of carbonyl (C=O) groups is 4. The second kappa shape index (κ2) is 15.6. The molecule has 254 valence electrons. The molecule has 3 N–H and O–H groups in total. The molecule has 3 amide bonds. The van der Waals surface area contributed by atoms with Crippen molar-refractivity contribution < 1.29 is 33.8 Å². The van der Waals surface area contributed by atoms with Gasteiger partial charge >= 0.3 is 12.1 Å². The lowest BCUT2D eigenvalue weighted by atomic mass is 9.89. The van der Waals surface area contributed by atoms with Gasteiger partial charge in [-0.25, -0.2) is 9.59 Å². The van der Waals surface area contributed by atoms with Crippen LogP contribution in [0.3, 0.4) is 0 Å². The molecule has 0 spiro atoms. The van der Waals surface area contributed by atoms with Crippen LogP contribution in [0.4, 0.5) is 4.79 Å². The average Bonchev–Trinajstić information content (AvgIpc) is 2.94. The van der Waals surface area contributed by atoms with Gasteiger partial charge in [0.05, 0.1) is 6.61 Å². The van der Waals surface area contributed by atoms with E-state index in [-0.39, 0.29) is 6.42 Å². The van der Waals surface area contributed by atoms with Gasteiger partial charge in [-0.05, 0) is 97.9 Å². The summed E-state index contributed by atoms with van der Waals surface area (Å²) in [5, 5.41) is 15.7. The Morgan fingerprint density at radius 1 is 0.804 bits per heavy atom.